The third-order valence-electron chi connectivity index (χ3n) is 2.61. The lowest BCUT2D eigenvalue weighted by molar-refractivity contribution is 0.296. The molecule has 4 N–H and O–H groups in total. The van der Waals surface area contributed by atoms with Gasteiger partial charge in [-0.2, -0.15) is 16.7 Å². The summed E-state index contributed by atoms with van der Waals surface area (Å²) in [4.78, 5) is 8.44. The lowest BCUT2D eigenvalue weighted by atomic mass is 10.2. The zero-order chi connectivity index (χ0) is 13.5. The van der Waals surface area contributed by atoms with Gasteiger partial charge in [-0.05, 0) is 24.3 Å². The minimum Gasteiger partial charge on any atom is -0.396 e. The molecule has 5 nitrogen and oxygen atoms in total. The van der Waals surface area contributed by atoms with Crippen molar-refractivity contribution in [2.24, 2.45) is 0 Å². The van der Waals surface area contributed by atoms with Gasteiger partial charge in [0.05, 0.1) is 5.52 Å². The zero-order valence-corrected chi connectivity index (χ0v) is 11.5. The van der Waals surface area contributed by atoms with Gasteiger partial charge in [0.2, 0.25) is 5.95 Å². The van der Waals surface area contributed by atoms with Gasteiger partial charge in [0.1, 0.15) is 5.82 Å². The van der Waals surface area contributed by atoms with Gasteiger partial charge >= 0.3 is 0 Å². The molecule has 0 spiro atoms. The van der Waals surface area contributed by atoms with Gasteiger partial charge in [0.15, 0.2) is 0 Å². The minimum absolute atomic E-state index is 0.257. The summed E-state index contributed by atoms with van der Waals surface area (Å²) in [7, 11) is 0. The Morgan fingerprint density at radius 1 is 1.21 bits per heavy atom. The number of fused-ring (bicyclic) bond motifs is 1. The average Bonchev–Trinajstić information content (AvgIpc) is 2.42. The van der Waals surface area contributed by atoms with E-state index in [4.69, 9.17) is 10.8 Å². The highest BCUT2D eigenvalue weighted by molar-refractivity contribution is 7.99. The van der Waals surface area contributed by atoms with Crippen LogP contribution in [-0.2, 0) is 0 Å². The van der Waals surface area contributed by atoms with Crippen LogP contribution < -0.4 is 11.1 Å². The molecule has 0 atom stereocenters. The van der Waals surface area contributed by atoms with Crippen molar-refractivity contribution in [2.45, 2.75) is 6.42 Å². The van der Waals surface area contributed by atoms with E-state index in [0.717, 1.165) is 41.2 Å². The molecule has 1 heterocycles. The molecule has 1 aromatic carbocycles. The summed E-state index contributed by atoms with van der Waals surface area (Å²) in [5.41, 5.74) is 6.55. The Kier molecular flexibility index (Phi) is 5.23. The Hall–Kier alpha value is -1.53. The van der Waals surface area contributed by atoms with Gasteiger partial charge in [0.25, 0.3) is 0 Å². The molecule has 0 radical (unpaired) electrons. The average molecular weight is 278 g/mol. The molecule has 0 aliphatic rings. The Balaban J connectivity index is 1.96. The maximum absolute atomic E-state index is 8.69. The zero-order valence-electron chi connectivity index (χ0n) is 10.7. The topological polar surface area (TPSA) is 84.1 Å². The molecular formula is C13H18N4OS. The maximum atomic E-state index is 8.69. The highest BCUT2D eigenvalue weighted by atomic mass is 32.2. The number of nitrogen functional groups attached to an aromatic ring is 1. The predicted octanol–water partition coefficient (Wildman–Crippen LogP) is 1.74. The van der Waals surface area contributed by atoms with Crippen LogP contribution in [0.3, 0.4) is 0 Å². The van der Waals surface area contributed by atoms with Crippen LogP contribution in [0.5, 0.6) is 0 Å². The summed E-state index contributed by atoms with van der Waals surface area (Å²) >= 11 is 1.81. The molecule has 0 aliphatic carbocycles. The predicted molar refractivity (Wildman–Crippen MR) is 81.5 cm³/mol. The van der Waals surface area contributed by atoms with Gasteiger partial charge in [-0.25, -0.2) is 4.98 Å². The number of benzene rings is 1. The van der Waals surface area contributed by atoms with E-state index in [1.54, 1.807) is 0 Å². The number of hydrogen-bond acceptors (Lipinski definition) is 6. The molecule has 0 fully saturated rings. The second-order valence-electron chi connectivity index (χ2n) is 4.06. The third kappa shape index (κ3) is 3.97. The number of aliphatic hydroxyl groups excluding tert-OH is 1. The number of anilines is 2. The number of nitrogens with zero attached hydrogens (tertiary/aromatic N) is 2. The first kappa shape index (κ1) is 13.9. The third-order valence-corrected chi connectivity index (χ3v) is 3.68. The van der Waals surface area contributed by atoms with Crippen molar-refractivity contribution in [1.82, 2.24) is 9.97 Å². The number of thioether (sulfide) groups is 1. The fraction of sp³-hybridized carbons (Fsp3) is 0.385. The van der Waals surface area contributed by atoms with Crippen molar-refractivity contribution in [2.75, 3.05) is 35.7 Å². The first-order chi connectivity index (χ1) is 9.31. The number of hydrogen-bond donors (Lipinski definition) is 3. The number of nitrogens with one attached hydrogen (secondary N) is 1. The van der Waals surface area contributed by atoms with E-state index >= 15 is 0 Å². The fourth-order valence-corrected chi connectivity index (χ4v) is 2.52. The second kappa shape index (κ2) is 7.16. The fourth-order valence-electron chi connectivity index (χ4n) is 1.74. The molecule has 0 saturated heterocycles. The molecule has 1 aromatic heterocycles. The number of aromatic nitrogens is 2. The Bertz CT molecular complexity index is 535. The Morgan fingerprint density at radius 2 is 2.05 bits per heavy atom. The smallest absolute Gasteiger partial charge is 0.222 e. The van der Waals surface area contributed by atoms with E-state index in [-0.39, 0.29) is 12.6 Å². The second-order valence-corrected chi connectivity index (χ2v) is 5.29. The quantitative estimate of drug-likeness (QED) is 0.669. The van der Waals surface area contributed by atoms with Crippen LogP contribution in [0.1, 0.15) is 6.42 Å². The van der Waals surface area contributed by atoms with Crippen LogP contribution in [0, 0.1) is 0 Å². The van der Waals surface area contributed by atoms with Gasteiger partial charge < -0.3 is 16.2 Å². The van der Waals surface area contributed by atoms with Gasteiger partial charge in [-0.3, -0.25) is 0 Å². The molecule has 0 amide bonds. The van der Waals surface area contributed by atoms with Crippen LogP contribution in [0.4, 0.5) is 11.8 Å². The van der Waals surface area contributed by atoms with E-state index in [9.17, 15) is 0 Å². The number of aliphatic hydroxyl groups is 1. The van der Waals surface area contributed by atoms with E-state index in [0.29, 0.717) is 0 Å². The largest absolute Gasteiger partial charge is 0.396 e. The van der Waals surface area contributed by atoms with Crippen LogP contribution >= 0.6 is 11.8 Å². The lowest BCUT2D eigenvalue weighted by Crippen LogP contribution is -2.08. The van der Waals surface area contributed by atoms with Gasteiger partial charge in [0, 0.05) is 24.3 Å². The molecule has 6 heteroatoms. The molecule has 0 saturated carbocycles. The van der Waals surface area contributed by atoms with Crippen molar-refractivity contribution in [3.63, 3.8) is 0 Å². The van der Waals surface area contributed by atoms with Crippen LogP contribution in [0.25, 0.3) is 10.9 Å². The maximum Gasteiger partial charge on any atom is 0.222 e. The van der Waals surface area contributed by atoms with E-state index < -0.39 is 0 Å². The highest BCUT2D eigenvalue weighted by Gasteiger charge is 2.04. The SMILES string of the molecule is Nc1nc(NCCSCCCO)c2ccccc2n1. The molecule has 0 aliphatic heterocycles. The van der Waals surface area contributed by atoms with Crippen molar-refractivity contribution < 1.29 is 5.11 Å². The summed E-state index contributed by atoms with van der Waals surface area (Å²) in [6.45, 7) is 1.07. The Morgan fingerprint density at radius 3 is 2.89 bits per heavy atom. The molecule has 2 aromatic rings. The van der Waals surface area contributed by atoms with Crippen molar-refractivity contribution in [3.05, 3.63) is 24.3 Å². The monoisotopic (exact) mass is 278 g/mol. The van der Waals surface area contributed by atoms with Crippen molar-refractivity contribution in [3.8, 4) is 0 Å². The van der Waals surface area contributed by atoms with Crippen LogP contribution in [0.15, 0.2) is 24.3 Å². The molecular weight excluding hydrogens is 260 g/mol. The normalized spacial score (nSPS) is 10.8. The van der Waals surface area contributed by atoms with Crippen LogP contribution in [-0.4, -0.2) is 39.7 Å². The van der Waals surface area contributed by atoms with Crippen molar-refractivity contribution in [1.29, 1.82) is 0 Å². The number of nitrogens with two attached hydrogens (primary N) is 1. The van der Waals surface area contributed by atoms with E-state index in [2.05, 4.69) is 15.3 Å². The summed E-state index contributed by atoms with van der Waals surface area (Å²) in [6.07, 6.45) is 0.841. The molecule has 102 valence electrons. The standard InChI is InChI=1S/C13H18N4OS/c14-13-16-11-5-2-1-4-10(11)12(17-13)15-6-9-19-8-3-7-18/h1-2,4-5,18H,3,6-9H2,(H3,14,15,16,17). The molecule has 2 rings (SSSR count). The number of rotatable bonds is 7. The molecule has 0 bridgehead atoms. The molecule has 19 heavy (non-hydrogen) atoms. The minimum atomic E-state index is 0.257. The van der Waals surface area contributed by atoms with E-state index in [1.807, 2.05) is 36.0 Å². The summed E-state index contributed by atoms with van der Waals surface area (Å²) in [6, 6.07) is 7.80. The highest BCUT2D eigenvalue weighted by Crippen LogP contribution is 2.20. The van der Waals surface area contributed by atoms with Crippen molar-refractivity contribution >= 4 is 34.4 Å². The molecule has 0 unspecified atom stereocenters. The van der Waals surface area contributed by atoms with Gasteiger partial charge in [-0.1, -0.05) is 12.1 Å². The first-order valence-corrected chi connectivity index (χ1v) is 7.41. The lowest BCUT2D eigenvalue weighted by Gasteiger charge is -2.09. The summed E-state index contributed by atoms with van der Waals surface area (Å²) < 4.78 is 0. The van der Waals surface area contributed by atoms with Crippen LogP contribution in [0.2, 0.25) is 0 Å². The number of para-hydroxylation sites is 1. The summed E-state index contributed by atoms with van der Waals surface area (Å²) in [5, 5.41) is 13.0. The van der Waals surface area contributed by atoms with Gasteiger partial charge in [-0.15, -0.1) is 0 Å². The van der Waals surface area contributed by atoms with E-state index in [1.165, 1.54) is 0 Å². The summed E-state index contributed by atoms with van der Waals surface area (Å²) in [5.74, 6) is 3.02. The first-order valence-electron chi connectivity index (χ1n) is 6.26. The Labute approximate surface area is 116 Å².